The Kier molecular flexibility index (Phi) is 3.47. The molecule has 0 aliphatic carbocycles. The zero-order chi connectivity index (χ0) is 12.4. The summed E-state index contributed by atoms with van der Waals surface area (Å²) in [6.07, 6.45) is 3.68. The molecule has 1 aromatic rings. The topological polar surface area (TPSA) is 47.4 Å². The summed E-state index contributed by atoms with van der Waals surface area (Å²) in [6.45, 7) is 8.11. The fourth-order valence-corrected chi connectivity index (χ4v) is 2.25. The van der Waals surface area contributed by atoms with Gasteiger partial charge in [0.15, 0.2) is 5.82 Å². The van der Waals surface area contributed by atoms with E-state index in [4.69, 9.17) is 4.74 Å². The van der Waals surface area contributed by atoms with E-state index >= 15 is 0 Å². The lowest BCUT2D eigenvalue weighted by Gasteiger charge is -2.35. The van der Waals surface area contributed by atoms with Gasteiger partial charge in [0, 0.05) is 32.0 Å². The number of aromatic nitrogens is 2. The maximum absolute atomic E-state index is 12.1. The highest BCUT2D eigenvalue weighted by Gasteiger charge is 2.25. The summed E-state index contributed by atoms with van der Waals surface area (Å²) in [5, 5.41) is 0. The largest absolute Gasteiger partial charge is 0.372 e. The third kappa shape index (κ3) is 2.49. The number of hydrogen-bond acceptors (Lipinski definition) is 4. The van der Waals surface area contributed by atoms with Gasteiger partial charge in [0.2, 0.25) is 0 Å². The molecule has 1 aliphatic rings. The number of anilines is 1. The van der Waals surface area contributed by atoms with Crippen molar-refractivity contribution in [1.82, 2.24) is 9.55 Å². The molecule has 0 saturated carbocycles. The molecule has 0 spiro atoms. The Hall–Kier alpha value is -1.36. The Morgan fingerprint density at radius 2 is 2.06 bits per heavy atom. The van der Waals surface area contributed by atoms with Crippen LogP contribution in [-0.2, 0) is 11.3 Å². The van der Waals surface area contributed by atoms with Gasteiger partial charge in [-0.2, -0.15) is 0 Å². The lowest BCUT2D eigenvalue weighted by molar-refractivity contribution is -0.00556. The van der Waals surface area contributed by atoms with E-state index in [1.807, 2.05) is 25.7 Å². The van der Waals surface area contributed by atoms with Gasteiger partial charge in [0.05, 0.1) is 12.2 Å². The number of hydrogen-bond donors (Lipinski definition) is 0. The predicted octanol–water partition coefficient (Wildman–Crippen LogP) is 0.877. The van der Waals surface area contributed by atoms with Gasteiger partial charge in [-0.3, -0.25) is 4.79 Å². The molecule has 0 radical (unpaired) electrons. The van der Waals surface area contributed by atoms with Crippen molar-refractivity contribution in [3.8, 4) is 0 Å². The van der Waals surface area contributed by atoms with Gasteiger partial charge in [-0.15, -0.1) is 0 Å². The van der Waals surface area contributed by atoms with Crippen LogP contribution >= 0.6 is 0 Å². The second kappa shape index (κ2) is 4.87. The van der Waals surface area contributed by atoms with Crippen molar-refractivity contribution in [2.75, 3.05) is 18.0 Å². The van der Waals surface area contributed by atoms with Crippen molar-refractivity contribution in [1.29, 1.82) is 0 Å². The van der Waals surface area contributed by atoms with Gasteiger partial charge in [-0.25, -0.2) is 4.98 Å². The van der Waals surface area contributed by atoms with Crippen LogP contribution < -0.4 is 10.5 Å². The molecule has 0 amide bonds. The van der Waals surface area contributed by atoms with E-state index in [0.717, 1.165) is 13.1 Å². The smallest absolute Gasteiger partial charge is 0.293 e. The molecule has 0 bridgehead atoms. The van der Waals surface area contributed by atoms with E-state index < -0.39 is 0 Å². The van der Waals surface area contributed by atoms with Crippen molar-refractivity contribution >= 4 is 5.82 Å². The average molecular weight is 237 g/mol. The number of morpholine rings is 1. The Morgan fingerprint density at radius 3 is 2.65 bits per heavy atom. The number of nitrogens with zero attached hydrogens (tertiary/aromatic N) is 3. The highest BCUT2D eigenvalue weighted by atomic mass is 16.5. The summed E-state index contributed by atoms with van der Waals surface area (Å²) in [4.78, 5) is 18.4. The summed E-state index contributed by atoms with van der Waals surface area (Å²) >= 11 is 0. The minimum absolute atomic E-state index is 0.0173. The molecule has 2 unspecified atom stereocenters. The third-order valence-electron chi connectivity index (χ3n) is 2.96. The van der Waals surface area contributed by atoms with Crippen LogP contribution in [0.4, 0.5) is 5.82 Å². The Balaban J connectivity index is 2.30. The zero-order valence-corrected chi connectivity index (χ0v) is 10.6. The van der Waals surface area contributed by atoms with E-state index in [1.54, 1.807) is 17.0 Å². The molecule has 2 atom stereocenters. The minimum atomic E-state index is -0.0173. The summed E-state index contributed by atoms with van der Waals surface area (Å²) in [5.41, 5.74) is -0.0173. The monoisotopic (exact) mass is 237 g/mol. The molecule has 2 rings (SSSR count). The van der Waals surface area contributed by atoms with Gasteiger partial charge >= 0.3 is 0 Å². The Bertz CT molecular complexity index is 434. The third-order valence-corrected chi connectivity index (χ3v) is 2.96. The molecule has 1 saturated heterocycles. The van der Waals surface area contributed by atoms with Crippen LogP contribution in [0.15, 0.2) is 17.2 Å². The first-order valence-corrected chi connectivity index (χ1v) is 6.07. The Morgan fingerprint density at radius 1 is 1.41 bits per heavy atom. The molecule has 17 heavy (non-hydrogen) atoms. The predicted molar refractivity (Wildman–Crippen MR) is 66.4 cm³/mol. The van der Waals surface area contributed by atoms with E-state index in [-0.39, 0.29) is 17.8 Å². The van der Waals surface area contributed by atoms with Crippen LogP contribution in [0.3, 0.4) is 0 Å². The van der Waals surface area contributed by atoms with Crippen molar-refractivity contribution in [3.05, 3.63) is 22.7 Å². The van der Waals surface area contributed by atoms with Gasteiger partial charge < -0.3 is 14.2 Å². The number of rotatable bonds is 2. The van der Waals surface area contributed by atoms with Crippen molar-refractivity contribution in [2.45, 2.75) is 39.5 Å². The molecular weight excluding hydrogens is 218 g/mol. The van der Waals surface area contributed by atoms with E-state index in [1.165, 1.54) is 0 Å². The van der Waals surface area contributed by atoms with E-state index in [2.05, 4.69) is 4.98 Å². The summed E-state index contributed by atoms with van der Waals surface area (Å²) < 4.78 is 7.33. The average Bonchev–Trinajstić information content (AvgIpc) is 2.28. The van der Waals surface area contributed by atoms with Crippen LogP contribution in [0.25, 0.3) is 0 Å². The first-order valence-electron chi connectivity index (χ1n) is 6.07. The lowest BCUT2D eigenvalue weighted by atomic mass is 10.2. The molecule has 0 aromatic carbocycles. The molecule has 94 valence electrons. The molecule has 1 fully saturated rings. The second-order valence-electron chi connectivity index (χ2n) is 4.50. The number of ether oxygens (including phenoxy) is 1. The quantitative estimate of drug-likeness (QED) is 0.766. The number of aryl methyl sites for hydroxylation is 1. The highest BCUT2D eigenvalue weighted by Crippen LogP contribution is 2.14. The van der Waals surface area contributed by atoms with Crippen molar-refractivity contribution in [2.24, 2.45) is 0 Å². The normalized spacial score (nSPS) is 25.0. The second-order valence-corrected chi connectivity index (χ2v) is 4.50. The fourth-order valence-electron chi connectivity index (χ4n) is 2.25. The molecule has 1 aliphatic heterocycles. The van der Waals surface area contributed by atoms with Gasteiger partial charge in [-0.1, -0.05) is 0 Å². The van der Waals surface area contributed by atoms with Gasteiger partial charge in [0.25, 0.3) is 5.56 Å². The van der Waals surface area contributed by atoms with E-state index in [9.17, 15) is 4.79 Å². The summed E-state index contributed by atoms with van der Waals surface area (Å²) in [5.74, 6) is 0.538. The van der Waals surface area contributed by atoms with Crippen molar-refractivity contribution < 1.29 is 4.74 Å². The lowest BCUT2D eigenvalue weighted by Crippen LogP contribution is -2.48. The van der Waals surface area contributed by atoms with Crippen LogP contribution in [0.1, 0.15) is 20.8 Å². The molecule has 1 aromatic heterocycles. The van der Waals surface area contributed by atoms with Crippen LogP contribution in [-0.4, -0.2) is 34.8 Å². The van der Waals surface area contributed by atoms with Gasteiger partial charge in [-0.05, 0) is 20.8 Å². The maximum Gasteiger partial charge on any atom is 0.293 e. The standard InChI is InChI=1S/C12H19N3O2/c1-4-14-6-5-13-11(12(14)16)15-7-9(2)17-10(3)8-15/h5-6,9-10H,4,7-8H2,1-3H3. The van der Waals surface area contributed by atoms with Crippen molar-refractivity contribution in [3.63, 3.8) is 0 Å². The highest BCUT2D eigenvalue weighted by molar-refractivity contribution is 5.36. The SMILES string of the molecule is CCn1ccnc(N2CC(C)OC(C)C2)c1=O. The minimum Gasteiger partial charge on any atom is -0.372 e. The van der Waals surface area contributed by atoms with Crippen LogP contribution in [0, 0.1) is 0 Å². The molecule has 0 N–H and O–H groups in total. The Labute approximate surface area is 101 Å². The first-order chi connectivity index (χ1) is 8.11. The van der Waals surface area contributed by atoms with Crippen LogP contribution in [0.5, 0.6) is 0 Å². The first kappa shape index (κ1) is 12.1. The van der Waals surface area contributed by atoms with Crippen LogP contribution in [0.2, 0.25) is 0 Å². The maximum atomic E-state index is 12.1. The summed E-state index contributed by atoms with van der Waals surface area (Å²) in [7, 11) is 0. The molecule has 5 nitrogen and oxygen atoms in total. The molecule has 2 heterocycles. The summed E-state index contributed by atoms with van der Waals surface area (Å²) in [6, 6.07) is 0. The molecular formula is C12H19N3O2. The zero-order valence-electron chi connectivity index (χ0n) is 10.6. The molecule has 5 heteroatoms. The van der Waals surface area contributed by atoms with Gasteiger partial charge in [0.1, 0.15) is 0 Å². The van der Waals surface area contributed by atoms with E-state index in [0.29, 0.717) is 12.4 Å². The fraction of sp³-hybridized carbons (Fsp3) is 0.667.